The third kappa shape index (κ3) is 3.75. The van der Waals surface area contributed by atoms with Crippen LogP contribution in [0.15, 0.2) is 12.1 Å². The summed E-state index contributed by atoms with van der Waals surface area (Å²) in [5, 5.41) is 0.408. The first-order chi connectivity index (χ1) is 9.08. The SMILES string of the molecule is Nc1cc(Cl)c(Cl)c(C(=O)OCCC2CCCO2)c1. The number of nitrogen functional groups attached to an aromatic ring is 1. The smallest absolute Gasteiger partial charge is 0.339 e. The van der Waals surface area contributed by atoms with Gasteiger partial charge in [-0.2, -0.15) is 0 Å². The highest BCUT2D eigenvalue weighted by Gasteiger charge is 2.18. The van der Waals surface area contributed by atoms with Gasteiger partial charge in [-0.25, -0.2) is 4.79 Å². The first kappa shape index (κ1) is 14.4. The number of esters is 1. The van der Waals surface area contributed by atoms with E-state index in [1.165, 1.54) is 12.1 Å². The first-order valence-corrected chi connectivity index (χ1v) is 6.87. The van der Waals surface area contributed by atoms with Crippen molar-refractivity contribution in [3.05, 3.63) is 27.7 Å². The number of anilines is 1. The number of rotatable bonds is 4. The van der Waals surface area contributed by atoms with Crippen LogP contribution in [0.25, 0.3) is 0 Å². The molecule has 19 heavy (non-hydrogen) atoms. The zero-order valence-electron chi connectivity index (χ0n) is 10.3. The van der Waals surface area contributed by atoms with Crippen molar-refractivity contribution in [2.45, 2.75) is 25.4 Å². The van der Waals surface area contributed by atoms with E-state index in [1.807, 2.05) is 0 Å². The van der Waals surface area contributed by atoms with E-state index in [1.54, 1.807) is 0 Å². The van der Waals surface area contributed by atoms with Gasteiger partial charge in [0.05, 0.1) is 28.3 Å². The molecule has 1 atom stereocenters. The normalized spacial score (nSPS) is 18.5. The van der Waals surface area contributed by atoms with Gasteiger partial charge in [-0.15, -0.1) is 0 Å². The molecule has 0 aromatic heterocycles. The average molecular weight is 304 g/mol. The van der Waals surface area contributed by atoms with Crippen molar-refractivity contribution in [2.75, 3.05) is 18.9 Å². The molecule has 0 saturated carbocycles. The molecule has 6 heteroatoms. The molecule has 0 bridgehead atoms. The molecule has 0 radical (unpaired) electrons. The van der Waals surface area contributed by atoms with Crippen molar-refractivity contribution < 1.29 is 14.3 Å². The maximum atomic E-state index is 11.9. The van der Waals surface area contributed by atoms with Crippen LogP contribution in [0.2, 0.25) is 10.0 Å². The predicted octanol–water partition coefficient (Wildman–Crippen LogP) is 3.30. The molecule has 1 aromatic rings. The Bertz CT molecular complexity index is 473. The third-order valence-electron chi connectivity index (χ3n) is 2.97. The molecule has 0 spiro atoms. The molecule has 0 aliphatic carbocycles. The van der Waals surface area contributed by atoms with Gasteiger partial charge in [0.15, 0.2) is 0 Å². The lowest BCUT2D eigenvalue weighted by atomic mass is 10.2. The fourth-order valence-electron chi connectivity index (χ4n) is 1.99. The number of ether oxygens (including phenoxy) is 2. The molecular formula is C13H15Cl2NO3. The molecule has 2 N–H and O–H groups in total. The maximum Gasteiger partial charge on any atom is 0.339 e. The second-order valence-corrected chi connectivity index (χ2v) is 5.21. The van der Waals surface area contributed by atoms with Gasteiger partial charge in [-0.3, -0.25) is 0 Å². The Morgan fingerprint density at radius 1 is 1.47 bits per heavy atom. The number of hydrogen-bond donors (Lipinski definition) is 1. The molecule has 104 valence electrons. The first-order valence-electron chi connectivity index (χ1n) is 6.11. The predicted molar refractivity (Wildman–Crippen MR) is 74.7 cm³/mol. The van der Waals surface area contributed by atoms with Gasteiger partial charge >= 0.3 is 5.97 Å². The lowest BCUT2D eigenvalue weighted by Gasteiger charge is -2.11. The van der Waals surface area contributed by atoms with Gasteiger partial charge in [-0.05, 0) is 25.0 Å². The van der Waals surface area contributed by atoms with Crippen LogP contribution in [-0.2, 0) is 9.47 Å². The molecule has 4 nitrogen and oxygen atoms in total. The van der Waals surface area contributed by atoms with Crippen molar-refractivity contribution in [3.8, 4) is 0 Å². The number of carbonyl (C=O) groups is 1. The summed E-state index contributed by atoms with van der Waals surface area (Å²) in [4.78, 5) is 11.9. The fraction of sp³-hybridized carbons (Fsp3) is 0.462. The van der Waals surface area contributed by atoms with Gasteiger partial charge in [0.1, 0.15) is 0 Å². The van der Waals surface area contributed by atoms with Crippen molar-refractivity contribution in [1.29, 1.82) is 0 Å². The highest BCUT2D eigenvalue weighted by atomic mass is 35.5. The van der Waals surface area contributed by atoms with Crippen LogP contribution in [0.1, 0.15) is 29.6 Å². The summed E-state index contributed by atoms with van der Waals surface area (Å²) in [6.45, 7) is 1.08. The van der Waals surface area contributed by atoms with Crippen LogP contribution < -0.4 is 5.73 Å². The van der Waals surface area contributed by atoms with E-state index in [0.29, 0.717) is 18.7 Å². The van der Waals surface area contributed by atoms with Gasteiger partial charge in [-0.1, -0.05) is 23.2 Å². The van der Waals surface area contributed by atoms with Crippen molar-refractivity contribution in [1.82, 2.24) is 0 Å². The minimum Gasteiger partial charge on any atom is -0.462 e. The van der Waals surface area contributed by atoms with E-state index in [0.717, 1.165) is 19.4 Å². The average Bonchev–Trinajstić information content (AvgIpc) is 2.86. The number of carbonyl (C=O) groups excluding carboxylic acids is 1. The van der Waals surface area contributed by atoms with Gasteiger partial charge < -0.3 is 15.2 Å². The van der Waals surface area contributed by atoms with Gasteiger partial charge in [0, 0.05) is 18.7 Å². The molecule has 1 heterocycles. The number of nitrogens with two attached hydrogens (primary N) is 1. The molecule has 0 amide bonds. The van der Waals surface area contributed by atoms with Gasteiger partial charge in [0.25, 0.3) is 0 Å². The second kappa shape index (κ2) is 6.46. The highest BCUT2D eigenvalue weighted by molar-refractivity contribution is 6.44. The summed E-state index contributed by atoms with van der Waals surface area (Å²) >= 11 is 11.8. The highest BCUT2D eigenvalue weighted by Crippen LogP contribution is 2.29. The minimum absolute atomic E-state index is 0.165. The zero-order chi connectivity index (χ0) is 13.8. The summed E-state index contributed by atoms with van der Waals surface area (Å²) in [6, 6.07) is 2.95. The summed E-state index contributed by atoms with van der Waals surface area (Å²) in [7, 11) is 0. The van der Waals surface area contributed by atoms with Crippen LogP contribution >= 0.6 is 23.2 Å². The Morgan fingerprint density at radius 3 is 2.95 bits per heavy atom. The Hall–Kier alpha value is -0.970. The second-order valence-electron chi connectivity index (χ2n) is 4.42. The number of halogens is 2. The zero-order valence-corrected chi connectivity index (χ0v) is 11.8. The Morgan fingerprint density at radius 2 is 2.26 bits per heavy atom. The van der Waals surface area contributed by atoms with E-state index in [-0.39, 0.29) is 21.7 Å². The van der Waals surface area contributed by atoms with Crippen LogP contribution in [0.3, 0.4) is 0 Å². The summed E-state index contributed by atoms with van der Waals surface area (Å²) in [5.41, 5.74) is 6.19. The Kier molecular flexibility index (Phi) is 4.91. The molecule has 1 aromatic carbocycles. The Labute approximate surface area is 121 Å². The summed E-state index contributed by atoms with van der Waals surface area (Å²) in [6.07, 6.45) is 2.96. The molecule has 2 rings (SSSR count). The quantitative estimate of drug-likeness (QED) is 0.685. The standard InChI is InChI=1S/C13H15Cl2NO3/c14-11-7-8(16)6-10(12(11)15)13(17)19-5-3-9-2-1-4-18-9/h6-7,9H,1-5,16H2. The Balaban J connectivity index is 1.92. The van der Waals surface area contributed by atoms with Crippen LogP contribution in [0.4, 0.5) is 5.69 Å². The number of hydrogen-bond acceptors (Lipinski definition) is 4. The van der Waals surface area contributed by atoms with Crippen molar-refractivity contribution in [2.24, 2.45) is 0 Å². The number of benzene rings is 1. The van der Waals surface area contributed by atoms with Crippen LogP contribution in [-0.4, -0.2) is 25.3 Å². The summed E-state index contributed by atoms with van der Waals surface area (Å²) < 4.78 is 10.6. The minimum atomic E-state index is -0.516. The molecule has 1 unspecified atom stereocenters. The third-order valence-corrected chi connectivity index (χ3v) is 3.77. The largest absolute Gasteiger partial charge is 0.462 e. The lowest BCUT2D eigenvalue weighted by Crippen LogP contribution is -2.13. The topological polar surface area (TPSA) is 61.6 Å². The molecule has 1 aliphatic rings. The molecule has 1 aliphatic heterocycles. The van der Waals surface area contributed by atoms with E-state index in [9.17, 15) is 4.79 Å². The summed E-state index contributed by atoms with van der Waals surface area (Å²) in [5.74, 6) is -0.516. The van der Waals surface area contributed by atoms with E-state index < -0.39 is 5.97 Å². The van der Waals surface area contributed by atoms with Crippen LogP contribution in [0, 0.1) is 0 Å². The van der Waals surface area contributed by atoms with Crippen molar-refractivity contribution >= 4 is 34.9 Å². The maximum absolute atomic E-state index is 11.9. The van der Waals surface area contributed by atoms with E-state index in [2.05, 4.69) is 0 Å². The van der Waals surface area contributed by atoms with Gasteiger partial charge in [0.2, 0.25) is 0 Å². The molecule has 1 saturated heterocycles. The van der Waals surface area contributed by atoms with E-state index in [4.69, 9.17) is 38.4 Å². The molecule has 1 fully saturated rings. The van der Waals surface area contributed by atoms with E-state index >= 15 is 0 Å². The molecular weight excluding hydrogens is 289 g/mol. The fourth-order valence-corrected chi connectivity index (χ4v) is 2.41. The van der Waals surface area contributed by atoms with Crippen LogP contribution in [0.5, 0.6) is 0 Å². The monoisotopic (exact) mass is 303 g/mol. The lowest BCUT2D eigenvalue weighted by molar-refractivity contribution is 0.0386. The van der Waals surface area contributed by atoms with Crippen molar-refractivity contribution in [3.63, 3.8) is 0 Å².